The molecule has 0 radical (unpaired) electrons. The van der Waals surface area contributed by atoms with Gasteiger partial charge >= 0.3 is 5.97 Å². The summed E-state index contributed by atoms with van der Waals surface area (Å²) >= 11 is 1.40. The summed E-state index contributed by atoms with van der Waals surface area (Å²) in [6.45, 7) is 4.43. The van der Waals surface area contributed by atoms with Crippen molar-refractivity contribution in [3.63, 3.8) is 0 Å². The van der Waals surface area contributed by atoms with Gasteiger partial charge in [0, 0.05) is 36.8 Å². The van der Waals surface area contributed by atoms with E-state index >= 15 is 0 Å². The fourth-order valence-corrected chi connectivity index (χ4v) is 5.00. The van der Waals surface area contributed by atoms with Gasteiger partial charge in [0.2, 0.25) is 5.95 Å². The lowest BCUT2D eigenvalue weighted by atomic mass is 9.82. The third-order valence-corrected chi connectivity index (χ3v) is 6.49. The predicted octanol–water partition coefficient (Wildman–Crippen LogP) is 3.26. The van der Waals surface area contributed by atoms with Crippen LogP contribution >= 0.6 is 11.3 Å². The van der Waals surface area contributed by atoms with E-state index in [1.54, 1.807) is 0 Å². The Morgan fingerprint density at radius 3 is 2.73 bits per heavy atom. The van der Waals surface area contributed by atoms with Crippen molar-refractivity contribution in [2.45, 2.75) is 44.6 Å². The first kappa shape index (κ1) is 17.4. The van der Waals surface area contributed by atoms with Crippen LogP contribution in [-0.4, -0.2) is 40.7 Å². The van der Waals surface area contributed by atoms with E-state index in [0.717, 1.165) is 56.7 Å². The van der Waals surface area contributed by atoms with Crippen molar-refractivity contribution < 1.29 is 14.6 Å². The highest BCUT2D eigenvalue weighted by molar-refractivity contribution is 7.14. The number of nitrogens with zero attached hydrogens (tertiary/aromatic N) is 3. The number of fused-ring (bicyclic) bond motifs is 2. The minimum Gasteiger partial charge on any atom is -0.477 e. The fraction of sp³-hybridized carbons (Fsp3) is 0.526. The molecule has 4 heterocycles. The topological polar surface area (TPSA) is 75.6 Å². The molecule has 2 aromatic rings. The molecule has 0 aliphatic carbocycles. The SMILES string of the molecule is CCCc1cnc(N2CCC3(CC2)OCCc2sc(C(=O)O)cc23)nc1. The molecule has 1 N–H and O–H groups in total. The minimum atomic E-state index is -0.849. The number of hydrogen-bond donors (Lipinski definition) is 1. The molecule has 2 aromatic heterocycles. The van der Waals surface area contributed by atoms with E-state index < -0.39 is 5.97 Å². The van der Waals surface area contributed by atoms with Crippen LogP contribution in [-0.2, 0) is 23.2 Å². The molecule has 0 amide bonds. The summed E-state index contributed by atoms with van der Waals surface area (Å²) in [5.41, 5.74) is 1.91. The van der Waals surface area contributed by atoms with Gasteiger partial charge in [-0.3, -0.25) is 0 Å². The lowest BCUT2D eigenvalue weighted by Crippen LogP contribution is -2.46. The first-order valence-electron chi connectivity index (χ1n) is 9.17. The number of hydrogen-bond acceptors (Lipinski definition) is 6. The molecule has 0 aromatic carbocycles. The number of ether oxygens (including phenoxy) is 1. The Kier molecular flexibility index (Phi) is 4.67. The zero-order chi connectivity index (χ0) is 18.1. The van der Waals surface area contributed by atoms with Crippen LogP contribution in [0.1, 0.15) is 51.9 Å². The Hall–Kier alpha value is -1.99. The van der Waals surface area contributed by atoms with Crippen molar-refractivity contribution >= 4 is 23.3 Å². The summed E-state index contributed by atoms with van der Waals surface area (Å²) in [5, 5.41) is 9.32. The van der Waals surface area contributed by atoms with E-state index in [0.29, 0.717) is 11.5 Å². The van der Waals surface area contributed by atoms with Crippen molar-refractivity contribution in [2.24, 2.45) is 0 Å². The molecule has 0 atom stereocenters. The average molecular weight is 373 g/mol. The number of rotatable bonds is 4. The number of piperidine rings is 1. The number of thiophene rings is 1. The fourth-order valence-electron chi connectivity index (χ4n) is 3.93. The summed E-state index contributed by atoms with van der Waals surface area (Å²) in [4.78, 5) is 24.2. The van der Waals surface area contributed by atoms with Crippen LogP contribution in [0.25, 0.3) is 0 Å². The Labute approximate surface area is 156 Å². The minimum absolute atomic E-state index is 0.351. The quantitative estimate of drug-likeness (QED) is 0.887. The summed E-state index contributed by atoms with van der Waals surface area (Å²) in [5.74, 6) is -0.0789. The van der Waals surface area contributed by atoms with Crippen LogP contribution in [0, 0.1) is 0 Å². The molecule has 0 bridgehead atoms. The van der Waals surface area contributed by atoms with E-state index in [-0.39, 0.29) is 5.60 Å². The third-order valence-electron chi connectivity index (χ3n) is 5.30. The Balaban J connectivity index is 1.51. The van der Waals surface area contributed by atoms with Crippen molar-refractivity contribution in [1.29, 1.82) is 0 Å². The number of carboxylic acid groups (broad SMARTS) is 1. The zero-order valence-electron chi connectivity index (χ0n) is 14.9. The molecule has 4 rings (SSSR count). The van der Waals surface area contributed by atoms with E-state index in [4.69, 9.17) is 4.74 Å². The summed E-state index contributed by atoms with van der Waals surface area (Å²) in [7, 11) is 0. The van der Waals surface area contributed by atoms with Crippen molar-refractivity contribution in [2.75, 3.05) is 24.6 Å². The van der Waals surface area contributed by atoms with Gasteiger partial charge in [-0.15, -0.1) is 11.3 Å². The van der Waals surface area contributed by atoms with E-state index in [2.05, 4.69) is 21.8 Å². The number of aryl methyl sites for hydroxylation is 1. The molecular weight excluding hydrogens is 350 g/mol. The van der Waals surface area contributed by atoms with Gasteiger partial charge in [-0.05, 0) is 36.5 Å². The van der Waals surface area contributed by atoms with E-state index in [1.165, 1.54) is 21.8 Å². The second-order valence-electron chi connectivity index (χ2n) is 6.97. The van der Waals surface area contributed by atoms with Crippen LogP contribution < -0.4 is 4.90 Å². The number of carbonyl (C=O) groups is 1. The summed E-state index contributed by atoms with van der Waals surface area (Å²) < 4.78 is 6.21. The van der Waals surface area contributed by atoms with E-state index in [9.17, 15) is 9.90 Å². The molecule has 2 aliphatic rings. The van der Waals surface area contributed by atoms with Gasteiger partial charge in [0.15, 0.2) is 0 Å². The lowest BCUT2D eigenvalue weighted by Gasteiger charge is -2.44. The van der Waals surface area contributed by atoms with Gasteiger partial charge in [0.1, 0.15) is 4.88 Å². The maximum Gasteiger partial charge on any atom is 0.345 e. The molecule has 1 fully saturated rings. The largest absolute Gasteiger partial charge is 0.477 e. The standard InChI is InChI=1S/C19H23N3O3S/c1-2-3-13-11-20-18(21-12-13)22-7-5-19(6-8-22)14-10-16(17(23)24)26-15(14)4-9-25-19/h10-12H,2-9H2,1H3,(H,23,24). The lowest BCUT2D eigenvalue weighted by molar-refractivity contribution is -0.0758. The molecule has 7 heteroatoms. The maximum absolute atomic E-state index is 11.3. The molecule has 0 unspecified atom stereocenters. The highest BCUT2D eigenvalue weighted by Gasteiger charge is 2.42. The molecule has 0 saturated carbocycles. The van der Waals surface area contributed by atoms with Crippen LogP contribution in [0.3, 0.4) is 0 Å². The van der Waals surface area contributed by atoms with Gasteiger partial charge in [0.25, 0.3) is 0 Å². The van der Waals surface area contributed by atoms with Crippen LogP contribution in [0.5, 0.6) is 0 Å². The van der Waals surface area contributed by atoms with Gasteiger partial charge in [-0.1, -0.05) is 13.3 Å². The second kappa shape index (κ2) is 6.96. The molecule has 6 nitrogen and oxygen atoms in total. The molecule has 1 spiro atoms. The van der Waals surface area contributed by atoms with Gasteiger partial charge in [-0.25, -0.2) is 14.8 Å². The average Bonchev–Trinajstić information content (AvgIpc) is 3.10. The van der Waals surface area contributed by atoms with Crippen molar-refractivity contribution in [3.05, 3.63) is 39.3 Å². The number of anilines is 1. The predicted molar refractivity (Wildman–Crippen MR) is 100 cm³/mol. The highest BCUT2D eigenvalue weighted by atomic mass is 32.1. The van der Waals surface area contributed by atoms with Crippen LogP contribution in [0.15, 0.2) is 18.5 Å². The maximum atomic E-state index is 11.3. The second-order valence-corrected chi connectivity index (χ2v) is 8.11. The molecule has 2 aliphatic heterocycles. The zero-order valence-corrected chi connectivity index (χ0v) is 15.7. The molecule has 26 heavy (non-hydrogen) atoms. The van der Waals surface area contributed by atoms with Crippen LogP contribution in [0.2, 0.25) is 0 Å². The number of aromatic carboxylic acids is 1. The Morgan fingerprint density at radius 1 is 1.35 bits per heavy atom. The number of aromatic nitrogens is 2. The Morgan fingerprint density at radius 2 is 2.08 bits per heavy atom. The van der Waals surface area contributed by atoms with Crippen molar-refractivity contribution in [3.8, 4) is 0 Å². The highest BCUT2D eigenvalue weighted by Crippen LogP contribution is 2.44. The summed E-state index contributed by atoms with van der Waals surface area (Å²) in [6.07, 6.45) is 8.40. The first-order chi connectivity index (χ1) is 12.6. The number of carboxylic acids is 1. The van der Waals surface area contributed by atoms with E-state index in [1.807, 2.05) is 18.5 Å². The van der Waals surface area contributed by atoms with Gasteiger partial charge in [0.05, 0.1) is 12.2 Å². The molecule has 138 valence electrons. The van der Waals surface area contributed by atoms with Crippen LogP contribution in [0.4, 0.5) is 5.95 Å². The first-order valence-corrected chi connectivity index (χ1v) is 9.99. The normalized spacial score (nSPS) is 18.7. The summed E-state index contributed by atoms with van der Waals surface area (Å²) in [6, 6.07) is 1.83. The van der Waals surface area contributed by atoms with Gasteiger partial charge in [-0.2, -0.15) is 0 Å². The molecular formula is C19H23N3O3S. The third kappa shape index (κ3) is 3.10. The molecule has 1 saturated heterocycles. The van der Waals surface area contributed by atoms with Crippen molar-refractivity contribution in [1.82, 2.24) is 9.97 Å². The van der Waals surface area contributed by atoms with Gasteiger partial charge < -0.3 is 14.7 Å². The smallest absolute Gasteiger partial charge is 0.345 e. The monoisotopic (exact) mass is 373 g/mol. The Bertz CT molecular complexity index is 795.